The Balaban J connectivity index is 2.05. The van der Waals surface area contributed by atoms with Crippen molar-refractivity contribution in [2.75, 3.05) is 6.54 Å². The predicted molar refractivity (Wildman–Crippen MR) is 84.2 cm³/mol. The van der Waals surface area contributed by atoms with Gasteiger partial charge in [-0.1, -0.05) is 32.8 Å². The minimum absolute atomic E-state index is 0.541. The third kappa shape index (κ3) is 4.29. The van der Waals surface area contributed by atoms with Crippen LogP contribution in [0.25, 0.3) is 0 Å². The molecule has 3 nitrogen and oxygen atoms in total. The molecule has 20 heavy (non-hydrogen) atoms. The smallest absolute Gasteiger partial charge is 0.0584 e. The van der Waals surface area contributed by atoms with E-state index in [-0.39, 0.29) is 0 Å². The number of nitrogens with two attached hydrogens (primary N) is 1. The zero-order chi connectivity index (χ0) is 14.4. The summed E-state index contributed by atoms with van der Waals surface area (Å²) in [7, 11) is 0. The van der Waals surface area contributed by atoms with Crippen LogP contribution in [0.4, 0.5) is 0 Å². The molecular formula is C17H29N3. The lowest BCUT2D eigenvalue weighted by molar-refractivity contribution is 0.179. The molecule has 3 heteroatoms. The molecule has 1 aromatic rings. The normalized spacial score (nSPS) is 16.4. The highest BCUT2D eigenvalue weighted by Crippen LogP contribution is 2.26. The molecule has 0 amide bonds. The van der Waals surface area contributed by atoms with Crippen molar-refractivity contribution in [3.8, 4) is 0 Å². The monoisotopic (exact) mass is 275 g/mol. The van der Waals surface area contributed by atoms with E-state index in [1.54, 1.807) is 0 Å². The van der Waals surface area contributed by atoms with E-state index in [1.807, 2.05) is 12.3 Å². The standard InChI is InChI=1S/C17H29N3/c1-14(2)9-11-20(16-7-3-4-8-16)13-15-6-5-10-19-17(15)12-18/h5-6,10,14,16H,3-4,7-9,11-13,18H2,1-2H3. The third-order valence-electron chi connectivity index (χ3n) is 4.39. The SMILES string of the molecule is CC(C)CCN(Cc1cccnc1CN)C1CCCC1. The molecule has 0 aromatic carbocycles. The summed E-state index contributed by atoms with van der Waals surface area (Å²) in [4.78, 5) is 7.09. The van der Waals surface area contributed by atoms with Crippen LogP contribution in [0.3, 0.4) is 0 Å². The van der Waals surface area contributed by atoms with Crippen molar-refractivity contribution in [2.24, 2.45) is 11.7 Å². The van der Waals surface area contributed by atoms with Crippen LogP contribution in [0.15, 0.2) is 18.3 Å². The van der Waals surface area contributed by atoms with Gasteiger partial charge in [0, 0.05) is 25.3 Å². The summed E-state index contributed by atoms with van der Waals surface area (Å²) in [6.07, 6.45) is 8.61. The van der Waals surface area contributed by atoms with Gasteiger partial charge in [-0.15, -0.1) is 0 Å². The Hall–Kier alpha value is -0.930. The third-order valence-corrected chi connectivity index (χ3v) is 4.39. The number of aromatic nitrogens is 1. The van der Waals surface area contributed by atoms with E-state index in [0.29, 0.717) is 6.54 Å². The lowest BCUT2D eigenvalue weighted by Crippen LogP contribution is -2.34. The maximum atomic E-state index is 5.82. The number of hydrogen-bond donors (Lipinski definition) is 1. The Morgan fingerprint density at radius 1 is 1.35 bits per heavy atom. The van der Waals surface area contributed by atoms with Crippen LogP contribution in [0.5, 0.6) is 0 Å². The topological polar surface area (TPSA) is 42.2 Å². The van der Waals surface area contributed by atoms with E-state index in [4.69, 9.17) is 5.73 Å². The molecule has 0 saturated heterocycles. The van der Waals surface area contributed by atoms with Crippen LogP contribution in [0.2, 0.25) is 0 Å². The molecule has 0 unspecified atom stereocenters. The van der Waals surface area contributed by atoms with Gasteiger partial charge >= 0.3 is 0 Å². The molecule has 1 saturated carbocycles. The lowest BCUT2D eigenvalue weighted by atomic mass is 10.1. The average Bonchev–Trinajstić information content (AvgIpc) is 2.97. The fraction of sp³-hybridized carbons (Fsp3) is 0.706. The molecule has 0 radical (unpaired) electrons. The molecule has 2 rings (SSSR count). The van der Waals surface area contributed by atoms with Crippen LogP contribution in [0, 0.1) is 5.92 Å². The number of rotatable bonds is 7. The summed E-state index contributed by atoms with van der Waals surface area (Å²) < 4.78 is 0. The van der Waals surface area contributed by atoms with Crippen LogP contribution < -0.4 is 5.73 Å². The van der Waals surface area contributed by atoms with Crippen molar-refractivity contribution in [3.05, 3.63) is 29.6 Å². The molecule has 0 bridgehead atoms. The van der Waals surface area contributed by atoms with Gasteiger partial charge in [0.15, 0.2) is 0 Å². The van der Waals surface area contributed by atoms with Gasteiger partial charge in [-0.3, -0.25) is 9.88 Å². The van der Waals surface area contributed by atoms with E-state index in [0.717, 1.165) is 24.2 Å². The molecule has 112 valence electrons. The van der Waals surface area contributed by atoms with E-state index < -0.39 is 0 Å². The predicted octanol–water partition coefficient (Wildman–Crippen LogP) is 3.33. The van der Waals surface area contributed by atoms with E-state index in [9.17, 15) is 0 Å². The molecule has 1 aromatic heterocycles. The van der Waals surface area contributed by atoms with Crippen molar-refractivity contribution in [1.82, 2.24) is 9.88 Å². The first-order valence-corrected chi connectivity index (χ1v) is 8.07. The summed E-state index contributed by atoms with van der Waals surface area (Å²) in [5, 5.41) is 0. The van der Waals surface area contributed by atoms with Gasteiger partial charge in [0.05, 0.1) is 5.69 Å². The van der Waals surface area contributed by atoms with Crippen LogP contribution in [0.1, 0.15) is 57.2 Å². The fourth-order valence-electron chi connectivity index (χ4n) is 3.10. The van der Waals surface area contributed by atoms with Gasteiger partial charge in [0.25, 0.3) is 0 Å². The zero-order valence-corrected chi connectivity index (χ0v) is 13.0. The summed E-state index contributed by atoms with van der Waals surface area (Å²) >= 11 is 0. The minimum Gasteiger partial charge on any atom is -0.325 e. The highest BCUT2D eigenvalue weighted by molar-refractivity contribution is 5.19. The van der Waals surface area contributed by atoms with Gasteiger partial charge < -0.3 is 5.73 Å². The van der Waals surface area contributed by atoms with E-state index in [2.05, 4.69) is 29.8 Å². The number of hydrogen-bond acceptors (Lipinski definition) is 3. The fourth-order valence-corrected chi connectivity index (χ4v) is 3.10. The number of pyridine rings is 1. The quantitative estimate of drug-likeness (QED) is 0.830. The second kappa shape index (κ2) is 7.75. The van der Waals surface area contributed by atoms with Gasteiger partial charge in [-0.05, 0) is 43.4 Å². The summed E-state index contributed by atoms with van der Waals surface area (Å²) in [5.74, 6) is 0.766. The van der Waals surface area contributed by atoms with Crippen molar-refractivity contribution >= 4 is 0 Å². The second-order valence-corrected chi connectivity index (χ2v) is 6.40. The van der Waals surface area contributed by atoms with Crippen LogP contribution >= 0.6 is 0 Å². The molecule has 2 N–H and O–H groups in total. The summed E-state index contributed by atoms with van der Waals surface area (Å²) in [5.41, 5.74) is 8.19. The largest absolute Gasteiger partial charge is 0.325 e. The average molecular weight is 275 g/mol. The minimum atomic E-state index is 0.541. The van der Waals surface area contributed by atoms with Gasteiger partial charge in [0.1, 0.15) is 0 Å². The van der Waals surface area contributed by atoms with Crippen molar-refractivity contribution in [3.63, 3.8) is 0 Å². The van der Waals surface area contributed by atoms with Crippen LogP contribution in [-0.2, 0) is 13.1 Å². The summed E-state index contributed by atoms with van der Waals surface area (Å²) in [6.45, 7) is 7.36. The van der Waals surface area contributed by atoms with E-state index >= 15 is 0 Å². The van der Waals surface area contributed by atoms with Gasteiger partial charge in [-0.2, -0.15) is 0 Å². The van der Waals surface area contributed by atoms with Crippen LogP contribution in [-0.4, -0.2) is 22.5 Å². The van der Waals surface area contributed by atoms with Gasteiger partial charge in [-0.25, -0.2) is 0 Å². The Kier molecular flexibility index (Phi) is 5.99. The molecule has 0 atom stereocenters. The lowest BCUT2D eigenvalue weighted by Gasteiger charge is -2.30. The molecule has 0 aliphatic heterocycles. The maximum absolute atomic E-state index is 5.82. The highest BCUT2D eigenvalue weighted by atomic mass is 15.2. The molecule has 1 aliphatic carbocycles. The molecule has 1 aliphatic rings. The molecule has 0 spiro atoms. The molecule has 1 fully saturated rings. The second-order valence-electron chi connectivity index (χ2n) is 6.40. The highest BCUT2D eigenvalue weighted by Gasteiger charge is 2.23. The van der Waals surface area contributed by atoms with Crippen molar-refractivity contribution in [1.29, 1.82) is 0 Å². The first-order chi connectivity index (χ1) is 9.70. The Bertz CT molecular complexity index is 397. The van der Waals surface area contributed by atoms with Crippen molar-refractivity contribution < 1.29 is 0 Å². The Morgan fingerprint density at radius 3 is 2.75 bits per heavy atom. The zero-order valence-electron chi connectivity index (χ0n) is 13.0. The Labute approximate surface area is 123 Å². The maximum Gasteiger partial charge on any atom is 0.0584 e. The van der Waals surface area contributed by atoms with Crippen molar-refractivity contribution in [2.45, 2.75) is 65.1 Å². The molecular weight excluding hydrogens is 246 g/mol. The first-order valence-electron chi connectivity index (χ1n) is 8.07. The number of nitrogens with zero attached hydrogens (tertiary/aromatic N) is 2. The first kappa shape index (κ1) is 15.5. The van der Waals surface area contributed by atoms with E-state index in [1.165, 1.54) is 44.2 Å². The molecule has 1 heterocycles. The summed E-state index contributed by atoms with van der Waals surface area (Å²) in [6, 6.07) is 4.98. The van der Waals surface area contributed by atoms with Gasteiger partial charge in [0.2, 0.25) is 0 Å². The Morgan fingerprint density at radius 2 is 2.10 bits per heavy atom.